The molecule has 15 heavy (non-hydrogen) atoms. The monoisotopic (exact) mass is 222 g/mol. The van der Waals surface area contributed by atoms with Crippen LogP contribution in [0.15, 0.2) is 24.3 Å². The molecule has 1 aromatic carbocycles. The summed E-state index contributed by atoms with van der Waals surface area (Å²) < 4.78 is 0. The van der Waals surface area contributed by atoms with Crippen molar-refractivity contribution in [3.63, 3.8) is 0 Å². The highest BCUT2D eigenvalue weighted by Crippen LogP contribution is 2.15. The van der Waals surface area contributed by atoms with Crippen molar-refractivity contribution >= 4 is 17.5 Å². The lowest BCUT2D eigenvalue weighted by Gasteiger charge is -2.12. The third kappa shape index (κ3) is 3.61. The first-order valence-electron chi connectivity index (χ1n) is 4.51. The number of carbonyl (C=O) groups excluding carboxylic acids is 1. The molecular formula is C11H11ClN2O. The maximum absolute atomic E-state index is 11.1. The molecule has 0 bridgehead atoms. The van der Waals surface area contributed by atoms with Gasteiger partial charge < -0.3 is 10.2 Å². The van der Waals surface area contributed by atoms with Crippen molar-refractivity contribution in [3.8, 4) is 0 Å². The topological polar surface area (TPSA) is 33.5 Å². The lowest BCUT2D eigenvalue weighted by molar-refractivity contribution is -0.119. The van der Waals surface area contributed by atoms with Gasteiger partial charge in [-0.05, 0) is 24.6 Å². The third-order valence-electron chi connectivity index (χ3n) is 1.97. The van der Waals surface area contributed by atoms with Crippen LogP contribution in [0, 0.1) is 6.57 Å². The number of benzene rings is 1. The van der Waals surface area contributed by atoms with Gasteiger partial charge in [-0.15, -0.1) is 0 Å². The Kier molecular flexibility index (Phi) is 4.14. The van der Waals surface area contributed by atoms with Gasteiger partial charge >= 0.3 is 5.91 Å². The molecule has 0 aliphatic carbocycles. The van der Waals surface area contributed by atoms with Gasteiger partial charge in [0.25, 0.3) is 6.54 Å². The normalized spacial score (nSPS) is 11.5. The molecule has 1 N–H and O–H groups in total. The zero-order valence-electron chi connectivity index (χ0n) is 8.33. The number of hydrogen-bond acceptors (Lipinski definition) is 1. The molecule has 3 nitrogen and oxygen atoms in total. The van der Waals surface area contributed by atoms with Crippen LogP contribution in [0.2, 0.25) is 5.02 Å². The van der Waals surface area contributed by atoms with Crippen LogP contribution >= 0.6 is 11.6 Å². The van der Waals surface area contributed by atoms with Gasteiger partial charge in [-0.3, -0.25) is 4.79 Å². The van der Waals surface area contributed by atoms with Gasteiger partial charge in [0.1, 0.15) is 0 Å². The van der Waals surface area contributed by atoms with E-state index in [0.29, 0.717) is 5.02 Å². The Labute approximate surface area is 93.9 Å². The highest BCUT2D eigenvalue weighted by molar-refractivity contribution is 6.30. The summed E-state index contributed by atoms with van der Waals surface area (Å²) in [6, 6.07) is 7.15. The van der Waals surface area contributed by atoms with Crippen molar-refractivity contribution in [2.45, 2.75) is 13.0 Å². The molecule has 0 fully saturated rings. The van der Waals surface area contributed by atoms with Gasteiger partial charge in [-0.25, -0.2) is 6.57 Å². The molecule has 1 atom stereocenters. The Hall–Kier alpha value is -1.53. The van der Waals surface area contributed by atoms with E-state index in [1.807, 2.05) is 19.1 Å². The van der Waals surface area contributed by atoms with Crippen molar-refractivity contribution in [2.24, 2.45) is 0 Å². The van der Waals surface area contributed by atoms with E-state index in [1.54, 1.807) is 12.1 Å². The molecule has 0 aliphatic heterocycles. The summed E-state index contributed by atoms with van der Waals surface area (Å²) in [5.74, 6) is -0.257. The van der Waals surface area contributed by atoms with Gasteiger partial charge in [0.05, 0.1) is 6.04 Å². The predicted molar refractivity (Wildman–Crippen MR) is 59.5 cm³/mol. The zero-order chi connectivity index (χ0) is 11.3. The minimum absolute atomic E-state index is 0.100. The fourth-order valence-corrected chi connectivity index (χ4v) is 1.32. The number of hydrogen-bond donors (Lipinski definition) is 1. The first-order valence-corrected chi connectivity index (χ1v) is 4.89. The summed E-state index contributed by atoms with van der Waals surface area (Å²) in [6.07, 6.45) is 0. The number of carbonyl (C=O) groups is 1. The summed E-state index contributed by atoms with van der Waals surface area (Å²) in [6.45, 7) is 8.30. The van der Waals surface area contributed by atoms with Crippen LogP contribution in [0.5, 0.6) is 0 Å². The van der Waals surface area contributed by atoms with Gasteiger partial charge in [-0.2, -0.15) is 0 Å². The maximum atomic E-state index is 11.1. The summed E-state index contributed by atoms with van der Waals surface area (Å²) in [5, 5.41) is 3.39. The van der Waals surface area contributed by atoms with Crippen LogP contribution in [0.4, 0.5) is 0 Å². The number of halogens is 1. The van der Waals surface area contributed by atoms with E-state index in [9.17, 15) is 4.79 Å². The van der Waals surface area contributed by atoms with E-state index >= 15 is 0 Å². The molecule has 1 amide bonds. The Morgan fingerprint density at radius 2 is 2.13 bits per heavy atom. The SMILES string of the molecule is [C-]#[N+]CC(=O)N[C@@H](C)c1ccc(Cl)cc1. The smallest absolute Gasteiger partial charge is 0.300 e. The van der Waals surface area contributed by atoms with Crippen LogP contribution < -0.4 is 5.32 Å². The molecule has 0 aliphatic rings. The molecule has 0 spiro atoms. The number of amides is 1. The van der Waals surface area contributed by atoms with Crippen LogP contribution in [0.25, 0.3) is 4.85 Å². The highest BCUT2D eigenvalue weighted by atomic mass is 35.5. The maximum Gasteiger partial charge on any atom is 0.300 e. The van der Waals surface area contributed by atoms with E-state index < -0.39 is 0 Å². The second-order valence-corrected chi connectivity index (χ2v) is 3.59. The van der Waals surface area contributed by atoms with Crippen molar-refractivity contribution in [1.82, 2.24) is 5.32 Å². The Morgan fingerprint density at radius 1 is 1.53 bits per heavy atom. The lowest BCUT2D eigenvalue weighted by atomic mass is 10.1. The summed E-state index contributed by atoms with van der Waals surface area (Å²) in [7, 11) is 0. The molecule has 0 unspecified atom stereocenters. The van der Waals surface area contributed by atoms with Gasteiger partial charge in [0.15, 0.2) is 0 Å². The minimum atomic E-state index is -0.257. The Bertz CT molecular complexity index is 381. The largest absolute Gasteiger partial charge is 0.343 e. The zero-order valence-corrected chi connectivity index (χ0v) is 9.08. The molecule has 0 aromatic heterocycles. The van der Waals surface area contributed by atoms with E-state index in [4.69, 9.17) is 18.2 Å². The fourth-order valence-electron chi connectivity index (χ4n) is 1.19. The molecule has 1 aromatic rings. The van der Waals surface area contributed by atoms with Gasteiger partial charge in [-0.1, -0.05) is 23.7 Å². The number of nitrogens with one attached hydrogen (secondary N) is 1. The Balaban J connectivity index is 2.61. The van der Waals surface area contributed by atoms with Crippen molar-refractivity contribution < 1.29 is 4.79 Å². The average molecular weight is 223 g/mol. The first kappa shape index (κ1) is 11.5. The molecule has 78 valence electrons. The molecular weight excluding hydrogens is 212 g/mol. The third-order valence-corrected chi connectivity index (χ3v) is 2.22. The Morgan fingerprint density at radius 3 is 2.67 bits per heavy atom. The van der Waals surface area contributed by atoms with Crippen LogP contribution in [-0.2, 0) is 4.79 Å². The van der Waals surface area contributed by atoms with E-state index in [2.05, 4.69) is 10.2 Å². The van der Waals surface area contributed by atoms with Crippen LogP contribution in [-0.4, -0.2) is 12.5 Å². The molecule has 4 heteroatoms. The summed E-state index contributed by atoms with van der Waals surface area (Å²) in [4.78, 5) is 14.2. The lowest BCUT2D eigenvalue weighted by Crippen LogP contribution is -2.28. The average Bonchev–Trinajstić information content (AvgIpc) is 2.18. The number of nitrogens with zero attached hydrogens (tertiary/aromatic N) is 1. The molecule has 0 saturated carbocycles. The van der Waals surface area contributed by atoms with E-state index in [1.165, 1.54) is 0 Å². The fraction of sp³-hybridized carbons (Fsp3) is 0.273. The second kappa shape index (κ2) is 5.38. The summed E-state index contributed by atoms with van der Waals surface area (Å²) in [5.41, 5.74) is 0.970. The van der Waals surface area contributed by atoms with Crippen molar-refractivity contribution in [1.29, 1.82) is 0 Å². The quantitative estimate of drug-likeness (QED) is 0.783. The van der Waals surface area contributed by atoms with E-state index in [-0.39, 0.29) is 18.5 Å². The highest BCUT2D eigenvalue weighted by Gasteiger charge is 2.10. The second-order valence-electron chi connectivity index (χ2n) is 3.16. The standard InChI is InChI=1S/C11H11ClN2O/c1-8(14-11(15)7-13-2)9-3-5-10(12)6-4-9/h3-6,8H,7H2,1H3,(H,14,15)/t8-/m0/s1. The summed E-state index contributed by atoms with van der Waals surface area (Å²) >= 11 is 5.74. The van der Waals surface area contributed by atoms with Gasteiger partial charge in [0, 0.05) is 5.02 Å². The molecule has 0 saturated heterocycles. The molecule has 1 rings (SSSR count). The first-order chi connectivity index (χ1) is 7.13. The van der Waals surface area contributed by atoms with Crippen molar-refractivity contribution in [3.05, 3.63) is 46.3 Å². The minimum Gasteiger partial charge on any atom is -0.343 e. The predicted octanol–water partition coefficient (Wildman–Crippen LogP) is 2.44. The van der Waals surface area contributed by atoms with Crippen molar-refractivity contribution in [2.75, 3.05) is 6.54 Å². The van der Waals surface area contributed by atoms with Crippen LogP contribution in [0.1, 0.15) is 18.5 Å². The van der Waals surface area contributed by atoms with E-state index in [0.717, 1.165) is 5.56 Å². The molecule has 0 radical (unpaired) electrons. The number of rotatable bonds is 3. The van der Waals surface area contributed by atoms with Gasteiger partial charge in [0.2, 0.25) is 0 Å². The molecule has 0 heterocycles. The van der Waals surface area contributed by atoms with Crippen LogP contribution in [0.3, 0.4) is 0 Å².